The molecule has 5 nitrogen and oxygen atoms in total. The zero-order valence-corrected chi connectivity index (χ0v) is 18.0. The predicted octanol–water partition coefficient (Wildman–Crippen LogP) is 3.84. The van der Waals surface area contributed by atoms with Crippen LogP contribution in [0, 0.1) is 5.41 Å². The molecule has 5 heteroatoms. The van der Waals surface area contributed by atoms with Crippen molar-refractivity contribution >= 4 is 11.8 Å². The zero-order chi connectivity index (χ0) is 21.3. The summed E-state index contributed by atoms with van der Waals surface area (Å²) in [5.74, 6) is 1.12. The molecule has 2 heterocycles. The van der Waals surface area contributed by atoms with Gasteiger partial charge in [-0.15, -0.1) is 0 Å². The summed E-state index contributed by atoms with van der Waals surface area (Å²) in [5.41, 5.74) is 1.77. The van der Waals surface area contributed by atoms with E-state index in [1.165, 1.54) is 5.56 Å². The van der Waals surface area contributed by atoms with Crippen molar-refractivity contribution < 1.29 is 14.3 Å². The van der Waals surface area contributed by atoms with Gasteiger partial charge in [-0.3, -0.25) is 9.59 Å². The molecule has 2 aliphatic heterocycles. The summed E-state index contributed by atoms with van der Waals surface area (Å²) in [7, 11) is 1.63. The highest BCUT2D eigenvalue weighted by molar-refractivity contribution is 5.91. The first-order chi connectivity index (χ1) is 14.5. The molecule has 0 aromatic heterocycles. The number of piperidine rings is 1. The van der Waals surface area contributed by atoms with Gasteiger partial charge in [-0.05, 0) is 49.9 Å². The van der Waals surface area contributed by atoms with Crippen molar-refractivity contribution in [1.29, 1.82) is 0 Å². The Morgan fingerprint density at radius 2 is 1.80 bits per heavy atom. The van der Waals surface area contributed by atoms with Crippen LogP contribution in [0.2, 0.25) is 0 Å². The average Bonchev–Trinajstić information content (AvgIpc) is 2.77. The minimum Gasteiger partial charge on any atom is -0.497 e. The molecule has 0 bridgehead atoms. The number of rotatable bonds is 5. The highest BCUT2D eigenvalue weighted by Gasteiger charge is 2.62. The Morgan fingerprint density at radius 3 is 2.43 bits per heavy atom. The number of methoxy groups -OCH3 is 1. The second-order valence-electron chi connectivity index (χ2n) is 8.68. The first-order valence-corrected chi connectivity index (χ1v) is 10.7. The van der Waals surface area contributed by atoms with Gasteiger partial charge in [0.2, 0.25) is 11.8 Å². The Labute approximate surface area is 178 Å². The van der Waals surface area contributed by atoms with Gasteiger partial charge in [-0.2, -0.15) is 0 Å². The molecule has 158 valence electrons. The fraction of sp³-hybridized carbons (Fsp3) is 0.440. The van der Waals surface area contributed by atoms with Crippen LogP contribution in [0.3, 0.4) is 0 Å². The van der Waals surface area contributed by atoms with Crippen LogP contribution >= 0.6 is 0 Å². The zero-order valence-electron chi connectivity index (χ0n) is 18.0. The van der Waals surface area contributed by atoms with Gasteiger partial charge in [-0.25, -0.2) is 0 Å². The van der Waals surface area contributed by atoms with Crippen molar-refractivity contribution in [1.82, 2.24) is 9.80 Å². The first kappa shape index (κ1) is 20.5. The Morgan fingerprint density at radius 1 is 1.10 bits per heavy atom. The van der Waals surface area contributed by atoms with Crippen LogP contribution in [0.25, 0.3) is 0 Å². The molecule has 0 radical (unpaired) electrons. The number of nitrogens with zero attached hydrogens (tertiary/aromatic N) is 2. The van der Waals surface area contributed by atoms with E-state index in [1.54, 1.807) is 7.11 Å². The fourth-order valence-electron chi connectivity index (χ4n) is 5.05. The quantitative estimate of drug-likeness (QED) is 0.709. The molecule has 2 aromatic carbocycles. The molecule has 1 atom stereocenters. The third-order valence-corrected chi connectivity index (χ3v) is 6.63. The number of hydrogen-bond acceptors (Lipinski definition) is 3. The lowest BCUT2D eigenvalue weighted by Crippen LogP contribution is -2.68. The summed E-state index contributed by atoms with van der Waals surface area (Å²) in [5, 5.41) is 0. The second-order valence-corrected chi connectivity index (χ2v) is 8.68. The van der Waals surface area contributed by atoms with E-state index in [-0.39, 0.29) is 29.3 Å². The largest absolute Gasteiger partial charge is 0.497 e. The van der Waals surface area contributed by atoms with Crippen molar-refractivity contribution in [3.63, 3.8) is 0 Å². The van der Waals surface area contributed by atoms with E-state index >= 15 is 0 Å². The Balaban J connectivity index is 1.47. The predicted molar refractivity (Wildman–Crippen MR) is 116 cm³/mol. The van der Waals surface area contributed by atoms with E-state index in [4.69, 9.17) is 4.74 Å². The van der Waals surface area contributed by atoms with E-state index in [0.29, 0.717) is 19.5 Å². The van der Waals surface area contributed by atoms with Crippen LogP contribution in [0.15, 0.2) is 54.6 Å². The van der Waals surface area contributed by atoms with Crippen molar-refractivity contribution in [3.05, 3.63) is 65.7 Å². The SMILES string of the molecule is COc1cccc(CC(=O)N2CCC3(CC2)C(=O)N(C(C)C)C3c2ccccc2)c1. The van der Waals surface area contributed by atoms with Crippen LogP contribution in [-0.4, -0.2) is 47.9 Å². The van der Waals surface area contributed by atoms with Crippen LogP contribution < -0.4 is 4.74 Å². The van der Waals surface area contributed by atoms with Crippen LogP contribution in [-0.2, 0) is 16.0 Å². The molecule has 2 amide bonds. The fourth-order valence-corrected chi connectivity index (χ4v) is 5.05. The maximum atomic E-state index is 13.2. The van der Waals surface area contributed by atoms with Crippen LogP contribution in [0.4, 0.5) is 0 Å². The van der Waals surface area contributed by atoms with Gasteiger partial charge in [0, 0.05) is 19.1 Å². The van der Waals surface area contributed by atoms with Crippen molar-refractivity contribution in [3.8, 4) is 5.75 Å². The molecular weight excluding hydrogens is 376 g/mol. The third-order valence-electron chi connectivity index (χ3n) is 6.63. The molecule has 2 fully saturated rings. The van der Waals surface area contributed by atoms with Gasteiger partial charge in [0.1, 0.15) is 5.75 Å². The van der Waals surface area contributed by atoms with Gasteiger partial charge in [0.05, 0.1) is 25.0 Å². The third kappa shape index (κ3) is 3.47. The van der Waals surface area contributed by atoms with Crippen molar-refractivity contribution in [2.24, 2.45) is 5.41 Å². The molecule has 1 spiro atoms. The molecule has 4 rings (SSSR count). The van der Waals surface area contributed by atoms with E-state index in [0.717, 1.165) is 24.2 Å². The molecule has 0 saturated carbocycles. The first-order valence-electron chi connectivity index (χ1n) is 10.7. The maximum absolute atomic E-state index is 13.2. The minimum atomic E-state index is -0.377. The van der Waals surface area contributed by atoms with E-state index in [1.807, 2.05) is 52.3 Å². The number of benzene rings is 2. The van der Waals surface area contributed by atoms with Crippen LogP contribution in [0.1, 0.15) is 43.9 Å². The normalized spacial score (nSPS) is 20.4. The highest BCUT2D eigenvalue weighted by atomic mass is 16.5. The summed E-state index contributed by atoms with van der Waals surface area (Å²) in [6.07, 6.45) is 1.80. The van der Waals surface area contributed by atoms with E-state index in [2.05, 4.69) is 26.0 Å². The van der Waals surface area contributed by atoms with Crippen molar-refractivity contribution in [2.45, 2.75) is 45.2 Å². The molecular formula is C25H30N2O3. The Kier molecular flexibility index (Phi) is 5.54. The molecule has 2 saturated heterocycles. The molecule has 2 aliphatic rings. The Bertz CT molecular complexity index is 917. The number of carbonyl (C=O) groups is 2. The monoisotopic (exact) mass is 406 g/mol. The van der Waals surface area contributed by atoms with E-state index in [9.17, 15) is 9.59 Å². The molecule has 2 aromatic rings. The van der Waals surface area contributed by atoms with Gasteiger partial charge in [0.25, 0.3) is 0 Å². The van der Waals surface area contributed by atoms with Gasteiger partial charge in [0.15, 0.2) is 0 Å². The standard InChI is InChI=1S/C25H30N2O3/c1-18(2)27-23(20-9-5-4-6-10-20)25(24(27)29)12-14-26(15-13-25)22(28)17-19-8-7-11-21(16-19)30-3/h4-11,16,18,23H,12-15,17H2,1-3H3. The number of hydrogen-bond donors (Lipinski definition) is 0. The summed E-state index contributed by atoms with van der Waals surface area (Å²) in [4.78, 5) is 30.0. The summed E-state index contributed by atoms with van der Waals surface area (Å²) >= 11 is 0. The number of carbonyl (C=O) groups excluding carboxylic acids is 2. The highest BCUT2D eigenvalue weighted by Crippen LogP contribution is 2.56. The number of β-lactam (4-membered cyclic amide) rings is 1. The average molecular weight is 407 g/mol. The van der Waals surface area contributed by atoms with Gasteiger partial charge < -0.3 is 14.5 Å². The number of amides is 2. The van der Waals surface area contributed by atoms with Crippen molar-refractivity contribution in [2.75, 3.05) is 20.2 Å². The number of likely N-dealkylation sites (tertiary alicyclic amines) is 2. The lowest BCUT2D eigenvalue weighted by molar-refractivity contribution is -0.186. The smallest absolute Gasteiger partial charge is 0.232 e. The molecule has 0 aliphatic carbocycles. The lowest BCUT2D eigenvalue weighted by atomic mass is 9.61. The second kappa shape index (κ2) is 8.13. The molecule has 0 N–H and O–H groups in total. The van der Waals surface area contributed by atoms with E-state index < -0.39 is 0 Å². The van der Waals surface area contributed by atoms with Gasteiger partial charge in [-0.1, -0.05) is 42.5 Å². The Hall–Kier alpha value is -2.82. The molecule has 30 heavy (non-hydrogen) atoms. The maximum Gasteiger partial charge on any atom is 0.232 e. The summed E-state index contributed by atoms with van der Waals surface area (Å²) in [6, 6.07) is 18.2. The summed E-state index contributed by atoms with van der Waals surface area (Å²) < 4.78 is 5.26. The minimum absolute atomic E-state index is 0.0989. The lowest BCUT2D eigenvalue weighted by Gasteiger charge is -2.60. The number of ether oxygens (including phenoxy) is 1. The van der Waals surface area contributed by atoms with Crippen LogP contribution in [0.5, 0.6) is 5.75 Å². The molecule has 1 unspecified atom stereocenters. The van der Waals surface area contributed by atoms with Gasteiger partial charge >= 0.3 is 0 Å². The topological polar surface area (TPSA) is 49.9 Å². The summed E-state index contributed by atoms with van der Waals surface area (Å²) in [6.45, 7) is 5.41.